The van der Waals surface area contributed by atoms with Crippen LogP contribution in [0, 0.1) is 0 Å². The molecule has 1 fully saturated rings. The molecule has 4 amide bonds. The van der Waals surface area contributed by atoms with Gasteiger partial charge in [0.2, 0.25) is 11.8 Å². The molecule has 19 nitrogen and oxygen atoms in total. The monoisotopic (exact) mass is 835 g/mol. The average molecular weight is 836 g/mol. The van der Waals surface area contributed by atoms with Crippen LogP contribution in [0.3, 0.4) is 0 Å². The number of carbonyl (C=O) groups is 4. The minimum absolute atomic E-state index is 0.00328. The molecule has 0 bridgehead atoms. The van der Waals surface area contributed by atoms with Crippen LogP contribution in [0.25, 0.3) is 0 Å². The molecule has 0 spiro atoms. The zero-order valence-corrected chi connectivity index (χ0v) is 33.3. The lowest BCUT2D eigenvalue weighted by atomic mass is 9.97. The topological polar surface area (TPSA) is 264 Å². The number of hydrogen-bond acceptors (Lipinski definition) is 15. The second-order valence-corrected chi connectivity index (χ2v) is 16.6. The third-order valence-corrected chi connectivity index (χ3v) is 11.0. The lowest BCUT2D eigenvalue weighted by Crippen LogP contribution is -2.28. The number of phosphoric acid groups is 2. The Morgan fingerprint density at radius 1 is 0.736 bits per heavy atom. The van der Waals surface area contributed by atoms with Crippen LogP contribution in [-0.4, -0.2) is 142 Å². The molecule has 3 unspecified atom stereocenters. The highest BCUT2D eigenvalue weighted by Gasteiger charge is 2.31. The SMILES string of the molecule is BC1CCC(COP(=O)(O)OCCOCCOCCOCCNC(=O)CCSC2=C(SCCC(=O)NCCCCCCOP(=O)(O)O)C(=O)NC2=O)O1. The molecule has 0 saturated carbocycles. The Bertz CT molecular complexity index is 1280. The minimum atomic E-state index is -4.44. The fourth-order valence-electron chi connectivity index (χ4n) is 4.58. The number of carbonyl (C=O) groups excluding carboxylic acids is 4. The van der Waals surface area contributed by atoms with E-state index >= 15 is 0 Å². The molecule has 0 aliphatic carbocycles. The lowest BCUT2D eigenvalue weighted by molar-refractivity contribution is -0.124. The van der Waals surface area contributed by atoms with Crippen LogP contribution in [0.4, 0.5) is 0 Å². The third kappa shape index (κ3) is 24.0. The quantitative estimate of drug-likeness (QED) is 0.0231. The molecule has 53 heavy (non-hydrogen) atoms. The summed E-state index contributed by atoms with van der Waals surface area (Å²) in [6, 6.07) is 0.115. The van der Waals surface area contributed by atoms with Gasteiger partial charge in [-0.25, -0.2) is 9.13 Å². The van der Waals surface area contributed by atoms with E-state index in [1.807, 2.05) is 7.85 Å². The van der Waals surface area contributed by atoms with Crippen LogP contribution < -0.4 is 16.0 Å². The zero-order chi connectivity index (χ0) is 39.0. The highest BCUT2D eigenvalue weighted by molar-refractivity contribution is 8.08. The summed E-state index contributed by atoms with van der Waals surface area (Å²) in [5, 5.41) is 7.74. The van der Waals surface area contributed by atoms with Crippen molar-refractivity contribution in [2.45, 2.75) is 63.5 Å². The van der Waals surface area contributed by atoms with Crippen molar-refractivity contribution in [3.8, 4) is 0 Å². The highest BCUT2D eigenvalue weighted by atomic mass is 32.2. The standard InChI is InChI=1S/C29H52BN3O16P2S2/c30-23-6-5-22(49-23)21-48-51(41,42)47-18-17-45-16-15-44-14-13-43-12-10-32-25(35)8-20-53-27-26(28(36)33-29(27)37)52-19-7-24(34)31-9-3-1-2-4-11-46-50(38,39)40/h22-23H,1-21,30H2,(H,31,34)(H,32,35)(H,41,42)(H,33,36,37)(H2,38,39,40). The molecular weight excluding hydrogens is 783 g/mol. The van der Waals surface area contributed by atoms with Crippen molar-refractivity contribution in [3.63, 3.8) is 0 Å². The molecule has 2 aliphatic heterocycles. The normalized spacial score (nSPS) is 18.7. The number of imide groups is 1. The maximum atomic E-state index is 12.3. The Hall–Kier alpha value is -1.36. The van der Waals surface area contributed by atoms with E-state index in [1.165, 1.54) is 0 Å². The van der Waals surface area contributed by atoms with Crippen molar-refractivity contribution in [3.05, 3.63) is 9.81 Å². The molecule has 1 saturated heterocycles. The average Bonchev–Trinajstić information content (AvgIpc) is 3.63. The summed E-state index contributed by atoms with van der Waals surface area (Å²) in [7, 11) is -6.68. The number of phosphoric ester groups is 2. The molecule has 2 rings (SSSR count). The van der Waals surface area contributed by atoms with Crippen molar-refractivity contribution in [1.29, 1.82) is 0 Å². The first kappa shape index (κ1) is 47.8. The van der Waals surface area contributed by atoms with Gasteiger partial charge in [0.05, 0.1) is 75.4 Å². The molecule has 0 aromatic carbocycles. The molecule has 3 atom stereocenters. The lowest BCUT2D eigenvalue weighted by Gasteiger charge is -2.15. The van der Waals surface area contributed by atoms with Crippen molar-refractivity contribution in [1.82, 2.24) is 16.0 Å². The summed E-state index contributed by atoms with van der Waals surface area (Å²) in [6.45, 7) is 2.05. The molecule has 0 aromatic heterocycles. The van der Waals surface area contributed by atoms with Crippen molar-refractivity contribution in [2.75, 3.05) is 84.1 Å². The largest absolute Gasteiger partial charge is 0.472 e. The van der Waals surface area contributed by atoms with E-state index in [-0.39, 0.29) is 111 Å². The molecule has 0 aromatic rings. The van der Waals surface area contributed by atoms with Crippen molar-refractivity contribution < 1.29 is 75.5 Å². The molecule has 304 valence electrons. The van der Waals surface area contributed by atoms with Crippen molar-refractivity contribution >= 4 is 70.6 Å². The van der Waals surface area contributed by atoms with E-state index in [0.29, 0.717) is 39.0 Å². The van der Waals surface area contributed by atoms with E-state index in [0.717, 1.165) is 42.8 Å². The van der Waals surface area contributed by atoms with Gasteiger partial charge < -0.3 is 44.3 Å². The summed E-state index contributed by atoms with van der Waals surface area (Å²) >= 11 is 2.20. The summed E-state index contributed by atoms with van der Waals surface area (Å²) in [4.78, 5) is 76.3. The maximum absolute atomic E-state index is 12.3. The van der Waals surface area contributed by atoms with Gasteiger partial charge in [-0.15, -0.1) is 23.5 Å². The second kappa shape index (κ2) is 27.3. The van der Waals surface area contributed by atoms with E-state index in [1.54, 1.807) is 0 Å². The van der Waals surface area contributed by atoms with Gasteiger partial charge >= 0.3 is 15.6 Å². The number of unbranched alkanes of at least 4 members (excludes halogenated alkanes) is 3. The predicted octanol–water partition coefficient (Wildman–Crippen LogP) is 0.325. The number of ether oxygens (including phenoxy) is 4. The Morgan fingerprint density at radius 3 is 1.85 bits per heavy atom. The summed E-state index contributed by atoms with van der Waals surface area (Å²) in [5.41, 5.74) is 0. The Balaban J connectivity index is 1.43. The van der Waals surface area contributed by atoms with E-state index in [4.69, 9.17) is 37.8 Å². The molecule has 6 N–H and O–H groups in total. The Labute approximate surface area is 318 Å². The van der Waals surface area contributed by atoms with Gasteiger partial charge in [-0.05, 0) is 25.7 Å². The molecular formula is C29H52BN3O16P2S2. The molecule has 2 aliphatic rings. The van der Waals surface area contributed by atoms with E-state index < -0.39 is 27.5 Å². The first-order chi connectivity index (χ1) is 25.3. The first-order valence-corrected chi connectivity index (χ1v) is 22.3. The maximum Gasteiger partial charge on any atom is 0.472 e. The van der Waals surface area contributed by atoms with Gasteiger partial charge in [0.1, 0.15) is 7.85 Å². The van der Waals surface area contributed by atoms with Crippen LogP contribution in [0.15, 0.2) is 9.81 Å². The Morgan fingerprint density at radius 2 is 1.28 bits per heavy atom. The highest BCUT2D eigenvalue weighted by Crippen LogP contribution is 2.43. The molecule has 0 radical (unpaired) electrons. The fraction of sp³-hybridized carbons (Fsp3) is 0.793. The summed E-state index contributed by atoms with van der Waals surface area (Å²) in [6.07, 6.45) is 4.33. The van der Waals surface area contributed by atoms with Gasteiger partial charge in [-0.2, -0.15) is 0 Å². The Kier molecular flexibility index (Phi) is 24.6. The smallest absolute Gasteiger partial charge is 0.382 e. The second-order valence-electron chi connectivity index (χ2n) is 11.7. The zero-order valence-electron chi connectivity index (χ0n) is 29.9. The van der Waals surface area contributed by atoms with Gasteiger partial charge in [-0.1, -0.05) is 12.8 Å². The van der Waals surface area contributed by atoms with Gasteiger partial charge in [0.25, 0.3) is 11.8 Å². The van der Waals surface area contributed by atoms with Gasteiger partial charge in [0, 0.05) is 43.4 Å². The van der Waals surface area contributed by atoms with Crippen LogP contribution in [0.5, 0.6) is 0 Å². The predicted molar refractivity (Wildman–Crippen MR) is 197 cm³/mol. The number of amides is 4. The van der Waals surface area contributed by atoms with Crippen LogP contribution >= 0.6 is 39.2 Å². The van der Waals surface area contributed by atoms with Crippen LogP contribution in [0.2, 0.25) is 0 Å². The molecule has 24 heteroatoms. The van der Waals surface area contributed by atoms with E-state index in [9.17, 15) is 33.2 Å². The number of thioether (sulfide) groups is 2. The third-order valence-electron chi connectivity index (χ3n) is 7.19. The molecule has 2 heterocycles. The van der Waals surface area contributed by atoms with Gasteiger partial charge in [-0.3, -0.25) is 38.1 Å². The first-order valence-electron chi connectivity index (χ1n) is 17.4. The fourth-order valence-corrected chi connectivity index (χ4v) is 7.83. The van der Waals surface area contributed by atoms with E-state index in [2.05, 4.69) is 20.5 Å². The minimum Gasteiger partial charge on any atom is -0.382 e. The van der Waals surface area contributed by atoms with Crippen molar-refractivity contribution in [2.24, 2.45) is 0 Å². The summed E-state index contributed by atoms with van der Waals surface area (Å²) < 4.78 is 58.4. The number of hydrogen-bond donors (Lipinski definition) is 6. The van der Waals surface area contributed by atoms with Gasteiger partial charge in [0.15, 0.2) is 0 Å². The number of rotatable bonds is 32. The van der Waals surface area contributed by atoms with Crippen LogP contribution in [0.1, 0.15) is 51.4 Å². The van der Waals surface area contributed by atoms with Crippen LogP contribution in [-0.2, 0) is 60.8 Å². The number of nitrogens with one attached hydrogen (secondary N) is 3. The summed E-state index contributed by atoms with van der Waals surface area (Å²) in [5.74, 6) is -0.966.